The van der Waals surface area contributed by atoms with Crippen molar-refractivity contribution in [2.24, 2.45) is 0 Å². The Kier molecular flexibility index (Phi) is 4.39. The van der Waals surface area contributed by atoms with Gasteiger partial charge in [0.2, 0.25) is 5.56 Å². The maximum absolute atomic E-state index is 14.2. The smallest absolute Gasteiger partial charge is 0.419 e. The van der Waals surface area contributed by atoms with E-state index in [4.69, 9.17) is 0 Å². The lowest BCUT2D eigenvalue weighted by atomic mass is 9.63. The molecule has 3 aromatic rings. The van der Waals surface area contributed by atoms with Crippen LogP contribution in [0.25, 0.3) is 10.9 Å². The second-order valence-electron chi connectivity index (χ2n) is 8.42. The molecule has 0 fully saturated rings. The number of pyridine rings is 1. The average Bonchev–Trinajstić information content (AvgIpc) is 2.64. The number of halogens is 3. The molecule has 0 bridgehead atoms. The number of phenolic OH excluding ortho intramolecular Hbond substituents is 1. The molecule has 0 aliphatic heterocycles. The standard InChI is InChI=1S/C22H21F3N2O3/c1-20(2)11-21(30,22(23,24)25)19(13-7-6-12(28)10-15(13)20)27-17-5-3-4-16-14(17)8-9-18(29)26-16/h3-10,19,27-28,30H,11H2,1-2H3,(H,26,29). The average molecular weight is 418 g/mol. The predicted octanol–water partition coefficient (Wildman–Crippen LogP) is 4.36. The van der Waals surface area contributed by atoms with Crippen LogP contribution in [0.4, 0.5) is 18.9 Å². The zero-order valence-corrected chi connectivity index (χ0v) is 16.3. The summed E-state index contributed by atoms with van der Waals surface area (Å²) in [5.41, 5.74) is -2.81. The number of aliphatic hydroxyl groups is 1. The minimum absolute atomic E-state index is 0.0549. The van der Waals surface area contributed by atoms with Gasteiger partial charge in [-0.15, -0.1) is 0 Å². The Morgan fingerprint density at radius 2 is 1.87 bits per heavy atom. The van der Waals surface area contributed by atoms with E-state index in [9.17, 15) is 28.2 Å². The number of rotatable bonds is 2. The molecule has 2 aromatic carbocycles. The summed E-state index contributed by atoms with van der Waals surface area (Å²) in [5, 5.41) is 24.3. The highest BCUT2D eigenvalue weighted by atomic mass is 19.4. The van der Waals surface area contributed by atoms with E-state index < -0.39 is 29.7 Å². The summed E-state index contributed by atoms with van der Waals surface area (Å²) in [6.45, 7) is 3.22. The van der Waals surface area contributed by atoms with Crippen molar-refractivity contribution in [2.45, 2.75) is 43.5 Å². The van der Waals surface area contributed by atoms with Gasteiger partial charge in [0, 0.05) is 17.1 Å². The first-order chi connectivity index (χ1) is 13.9. The number of H-pyrrole nitrogens is 1. The quantitative estimate of drug-likeness (QED) is 0.498. The van der Waals surface area contributed by atoms with Gasteiger partial charge < -0.3 is 20.5 Å². The Labute approximate surface area is 170 Å². The Morgan fingerprint density at radius 1 is 1.13 bits per heavy atom. The number of benzene rings is 2. The van der Waals surface area contributed by atoms with Gasteiger partial charge in [0.05, 0.1) is 11.6 Å². The van der Waals surface area contributed by atoms with Gasteiger partial charge >= 0.3 is 6.18 Å². The van der Waals surface area contributed by atoms with E-state index in [1.54, 1.807) is 32.0 Å². The zero-order chi connectivity index (χ0) is 21.9. The van der Waals surface area contributed by atoms with E-state index in [1.165, 1.54) is 30.3 Å². The van der Waals surface area contributed by atoms with Gasteiger partial charge in [-0.05, 0) is 53.3 Å². The van der Waals surface area contributed by atoms with E-state index in [0.717, 1.165) is 0 Å². The molecule has 2 atom stereocenters. The number of aromatic hydroxyl groups is 1. The van der Waals surface area contributed by atoms with Crippen molar-refractivity contribution in [1.82, 2.24) is 4.98 Å². The molecule has 5 nitrogen and oxygen atoms in total. The highest BCUT2D eigenvalue weighted by Crippen LogP contribution is 2.55. The van der Waals surface area contributed by atoms with E-state index in [0.29, 0.717) is 22.2 Å². The highest BCUT2D eigenvalue weighted by Gasteiger charge is 2.63. The van der Waals surface area contributed by atoms with Crippen LogP contribution in [0.1, 0.15) is 37.4 Å². The summed E-state index contributed by atoms with van der Waals surface area (Å²) < 4.78 is 42.5. The van der Waals surface area contributed by atoms with Crippen LogP contribution in [0.2, 0.25) is 0 Å². The molecule has 8 heteroatoms. The fourth-order valence-electron chi connectivity index (χ4n) is 4.44. The van der Waals surface area contributed by atoms with Crippen LogP contribution in [0, 0.1) is 0 Å². The third kappa shape index (κ3) is 3.11. The first-order valence-corrected chi connectivity index (χ1v) is 9.43. The number of fused-ring (bicyclic) bond motifs is 2. The van der Waals surface area contributed by atoms with Crippen LogP contribution >= 0.6 is 0 Å². The topological polar surface area (TPSA) is 85.4 Å². The number of hydrogen-bond acceptors (Lipinski definition) is 4. The minimum Gasteiger partial charge on any atom is -0.508 e. The minimum atomic E-state index is -4.91. The van der Waals surface area contributed by atoms with Crippen LogP contribution in [0.5, 0.6) is 5.75 Å². The third-order valence-corrected chi connectivity index (χ3v) is 5.82. The lowest BCUT2D eigenvalue weighted by molar-refractivity contribution is -0.275. The highest BCUT2D eigenvalue weighted by molar-refractivity contribution is 5.91. The second-order valence-corrected chi connectivity index (χ2v) is 8.42. The maximum atomic E-state index is 14.2. The molecule has 1 aromatic heterocycles. The van der Waals surface area contributed by atoms with Crippen molar-refractivity contribution in [3.8, 4) is 5.75 Å². The van der Waals surface area contributed by atoms with Crippen LogP contribution in [0.3, 0.4) is 0 Å². The molecule has 0 saturated carbocycles. The van der Waals surface area contributed by atoms with Crippen LogP contribution in [0.15, 0.2) is 53.3 Å². The fraction of sp³-hybridized carbons (Fsp3) is 0.318. The molecular formula is C22H21F3N2O3. The molecule has 0 amide bonds. The van der Waals surface area contributed by atoms with Crippen LogP contribution in [-0.2, 0) is 5.41 Å². The van der Waals surface area contributed by atoms with Gasteiger partial charge in [0.1, 0.15) is 5.75 Å². The van der Waals surface area contributed by atoms with Crippen LogP contribution < -0.4 is 10.9 Å². The molecular weight excluding hydrogens is 397 g/mol. The second kappa shape index (κ2) is 6.50. The van der Waals surface area contributed by atoms with E-state index in [2.05, 4.69) is 10.3 Å². The van der Waals surface area contributed by atoms with Gasteiger partial charge in [-0.25, -0.2) is 0 Å². The summed E-state index contributed by atoms with van der Waals surface area (Å²) in [5.74, 6) is -0.0549. The lowest BCUT2D eigenvalue weighted by Crippen LogP contribution is -2.58. The molecule has 1 heterocycles. The summed E-state index contributed by atoms with van der Waals surface area (Å²) in [7, 11) is 0. The van der Waals surface area contributed by atoms with Gasteiger partial charge in [-0.3, -0.25) is 4.79 Å². The zero-order valence-electron chi connectivity index (χ0n) is 16.3. The van der Waals surface area contributed by atoms with Crippen molar-refractivity contribution in [3.05, 3.63) is 70.0 Å². The Morgan fingerprint density at radius 3 is 2.57 bits per heavy atom. The summed E-state index contributed by atoms with van der Waals surface area (Å²) >= 11 is 0. The van der Waals surface area contributed by atoms with E-state index in [1.807, 2.05) is 0 Å². The van der Waals surface area contributed by atoms with Gasteiger partial charge in [0.15, 0.2) is 5.60 Å². The van der Waals surface area contributed by atoms with Crippen molar-refractivity contribution in [1.29, 1.82) is 0 Å². The lowest BCUT2D eigenvalue weighted by Gasteiger charge is -2.49. The van der Waals surface area contributed by atoms with E-state index in [-0.39, 0.29) is 16.9 Å². The van der Waals surface area contributed by atoms with Crippen LogP contribution in [-0.4, -0.2) is 27.0 Å². The number of hydrogen-bond donors (Lipinski definition) is 4. The first kappa shape index (κ1) is 20.3. The molecule has 4 N–H and O–H groups in total. The Bertz CT molecular complexity index is 1190. The number of alkyl halides is 3. The van der Waals surface area contributed by atoms with Gasteiger partial charge in [-0.1, -0.05) is 26.0 Å². The first-order valence-electron chi connectivity index (χ1n) is 9.43. The molecule has 1 aliphatic rings. The third-order valence-electron chi connectivity index (χ3n) is 5.82. The number of aromatic amines is 1. The molecule has 158 valence electrons. The number of nitrogens with one attached hydrogen (secondary N) is 2. The van der Waals surface area contributed by atoms with Crippen molar-refractivity contribution >= 4 is 16.6 Å². The number of aromatic nitrogens is 1. The Hall–Kier alpha value is -3.00. The summed E-state index contributed by atoms with van der Waals surface area (Å²) in [4.78, 5) is 14.2. The summed E-state index contributed by atoms with van der Waals surface area (Å²) in [6.07, 6.45) is -5.49. The van der Waals surface area contributed by atoms with Gasteiger partial charge in [0.25, 0.3) is 0 Å². The number of phenols is 1. The molecule has 4 rings (SSSR count). The van der Waals surface area contributed by atoms with Crippen molar-refractivity contribution < 1.29 is 23.4 Å². The summed E-state index contributed by atoms with van der Waals surface area (Å²) in [6, 6.07) is 10.3. The predicted molar refractivity (Wildman–Crippen MR) is 108 cm³/mol. The molecule has 1 aliphatic carbocycles. The van der Waals surface area contributed by atoms with Crippen molar-refractivity contribution in [2.75, 3.05) is 5.32 Å². The maximum Gasteiger partial charge on any atom is 0.419 e. The molecule has 30 heavy (non-hydrogen) atoms. The van der Waals surface area contributed by atoms with Gasteiger partial charge in [-0.2, -0.15) is 13.2 Å². The molecule has 2 unspecified atom stereocenters. The Balaban J connectivity index is 1.93. The molecule has 0 spiro atoms. The van der Waals surface area contributed by atoms with Crippen molar-refractivity contribution in [3.63, 3.8) is 0 Å². The normalized spacial score (nSPS) is 23.2. The molecule has 0 radical (unpaired) electrons. The largest absolute Gasteiger partial charge is 0.508 e. The monoisotopic (exact) mass is 418 g/mol. The fourth-order valence-corrected chi connectivity index (χ4v) is 4.44. The van der Waals surface area contributed by atoms with E-state index >= 15 is 0 Å². The SMILES string of the molecule is CC1(C)CC(O)(C(F)(F)F)C(Nc2cccc3[nH]c(=O)ccc23)c2ccc(O)cc21. The molecule has 0 saturated heterocycles. The number of anilines is 1.